The predicted octanol–water partition coefficient (Wildman–Crippen LogP) is 2.62. The number of aromatic nitrogens is 3. The number of ketones is 1. The highest BCUT2D eigenvalue weighted by atomic mass is 32.2. The van der Waals surface area contributed by atoms with E-state index in [-0.39, 0.29) is 35.1 Å². The van der Waals surface area contributed by atoms with Crippen molar-refractivity contribution in [2.24, 2.45) is 5.92 Å². The molecule has 0 saturated carbocycles. The number of rotatable bonds is 8. The fraction of sp³-hybridized carbons (Fsp3) is 0.650. The molecule has 0 bridgehead atoms. The van der Waals surface area contributed by atoms with Crippen LogP contribution in [0, 0.1) is 19.8 Å². The van der Waals surface area contributed by atoms with Gasteiger partial charge in [0.15, 0.2) is 15.6 Å². The zero-order valence-corrected chi connectivity index (χ0v) is 18.9. The number of Topliss-reactive ketones (excluding diaryl/α,β-unsaturated/α-hetero) is 1. The molecule has 2 aliphatic rings. The second kappa shape index (κ2) is 8.84. The SMILES string of the molecule is Cc1cc(C(=O)CSc2nnc(C[C@H]3CCS(=O)(=O)C3)o2)c(C)n1C[C@@H]1CCCO1. The molecule has 0 unspecified atom stereocenters. The molecule has 0 N–H and O–H groups in total. The van der Waals surface area contributed by atoms with E-state index in [2.05, 4.69) is 14.8 Å². The zero-order valence-electron chi connectivity index (χ0n) is 17.3. The zero-order chi connectivity index (χ0) is 21.3. The first kappa shape index (κ1) is 21.6. The molecular weight excluding hydrogens is 426 g/mol. The van der Waals surface area contributed by atoms with Crippen molar-refractivity contribution in [3.63, 3.8) is 0 Å². The standard InChI is InChI=1S/C20H27N3O5S2/c1-13-8-17(14(2)23(13)10-16-4-3-6-27-16)18(24)11-29-20-22-21-19(28-20)9-15-5-7-30(25,26)12-15/h8,15-16H,3-7,9-12H2,1-2H3/t15-,16+/m1/s1. The first-order valence-electron chi connectivity index (χ1n) is 10.3. The third-order valence-corrected chi connectivity index (χ3v) is 8.50. The second-order valence-electron chi connectivity index (χ2n) is 8.18. The van der Waals surface area contributed by atoms with E-state index >= 15 is 0 Å². The van der Waals surface area contributed by atoms with Crippen molar-refractivity contribution in [1.29, 1.82) is 0 Å². The lowest BCUT2D eigenvalue weighted by atomic mass is 10.1. The van der Waals surface area contributed by atoms with E-state index in [1.165, 1.54) is 11.8 Å². The summed E-state index contributed by atoms with van der Waals surface area (Å²) in [4.78, 5) is 12.8. The predicted molar refractivity (Wildman–Crippen MR) is 113 cm³/mol. The minimum atomic E-state index is -2.92. The summed E-state index contributed by atoms with van der Waals surface area (Å²) in [5, 5.41) is 8.35. The highest BCUT2D eigenvalue weighted by Crippen LogP contribution is 2.26. The van der Waals surface area contributed by atoms with E-state index in [1.807, 2.05) is 19.9 Å². The first-order chi connectivity index (χ1) is 14.3. The quantitative estimate of drug-likeness (QED) is 0.444. The van der Waals surface area contributed by atoms with Crippen LogP contribution in [0.3, 0.4) is 0 Å². The monoisotopic (exact) mass is 453 g/mol. The van der Waals surface area contributed by atoms with E-state index in [9.17, 15) is 13.2 Å². The number of thioether (sulfide) groups is 1. The summed E-state index contributed by atoms with van der Waals surface area (Å²) >= 11 is 1.22. The Labute approximate surface area is 180 Å². The Bertz CT molecular complexity index is 1020. The molecule has 2 aliphatic heterocycles. The van der Waals surface area contributed by atoms with Crippen LogP contribution in [-0.2, 0) is 27.5 Å². The van der Waals surface area contributed by atoms with Crippen LogP contribution < -0.4 is 0 Å². The first-order valence-corrected chi connectivity index (χ1v) is 13.1. The molecule has 2 fully saturated rings. The Hall–Kier alpha value is -1.65. The van der Waals surface area contributed by atoms with Crippen molar-refractivity contribution >= 4 is 27.4 Å². The van der Waals surface area contributed by atoms with Crippen LogP contribution in [0.25, 0.3) is 0 Å². The maximum Gasteiger partial charge on any atom is 0.277 e. The number of aryl methyl sites for hydroxylation is 1. The molecule has 0 aromatic carbocycles. The number of hydrogen-bond acceptors (Lipinski definition) is 8. The maximum atomic E-state index is 12.8. The van der Waals surface area contributed by atoms with Gasteiger partial charge >= 0.3 is 0 Å². The molecule has 30 heavy (non-hydrogen) atoms. The lowest BCUT2D eigenvalue weighted by Crippen LogP contribution is -2.17. The maximum absolute atomic E-state index is 12.8. The highest BCUT2D eigenvalue weighted by Gasteiger charge is 2.29. The topological polar surface area (TPSA) is 104 Å². The second-order valence-corrected chi connectivity index (χ2v) is 11.3. The summed E-state index contributed by atoms with van der Waals surface area (Å²) in [5.74, 6) is 1.11. The molecule has 8 nitrogen and oxygen atoms in total. The third kappa shape index (κ3) is 4.97. The van der Waals surface area contributed by atoms with Crippen molar-refractivity contribution < 1.29 is 22.4 Å². The van der Waals surface area contributed by atoms with Crippen LogP contribution in [0.5, 0.6) is 0 Å². The summed E-state index contributed by atoms with van der Waals surface area (Å²) in [6, 6.07) is 1.94. The van der Waals surface area contributed by atoms with Crippen LogP contribution in [-0.4, -0.2) is 58.9 Å². The molecule has 2 aromatic heterocycles. The van der Waals surface area contributed by atoms with E-state index < -0.39 is 9.84 Å². The molecule has 164 valence electrons. The average molecular weight is 454 g/mol. The van der Waals surface area contributed by atoms with Crippen LogP contribution >= 0.6 is 11.8 Å². The van der Waals surface area contributed by atoms with Gasteiger partial charge in [0.1, 0.15) is 0 Å². The number of carbonyl (C=O) groups excluding carboxylic acids is 1. The van der Waals surface area contributed by atoms with Crippen LogP contribution in [0.1, 0.15) is 46.9 Å². The molecule has 0 spiro atoms. The van der Waals surface area contributed by atoms with Gasteiger partial charge in [0, 0.05) is 36.5 Å². The van der Waals surface area contributed by atoms with Crippen LogP contribution in [0.2, 0.25) is 0 Å². The molecule has 2 atom stereocenters. The Balaban J connectivity index is 1.33. The van der Waals surface area contributed by atoms with Gasteiger partial charge in [-0.3, -0.25) is 4.79 Å². The fourth-order valence-electron chi connectivity index (χ4n) is 4.22. The van der Waals surface area contributed by atoms with E-state index in [1.54, 1.807) is 0 Å². The molecule has 0 amide bonds. The number of sulfone groups is 1. The molecule has 0 aliphatic carbocycles. The van der Waals surface area contributed by atoms with E-state index in [0.29, 0.717) is 29.5 Å². The van der Waals surface area contributed by atoms with Gasteiger partial charge in [0.05, 0.1) is 23.4 Å². The molecule has 10 heteroatoms. The molecule has 4 heterocycles. The van der Waals surface area contributed by atoms with Gasteiger partial charge in [-0.1, -0.05) is 11.8 Å². The van der Waals surface area contributed by atoms with Crippen LogP contribution in [0.15, 0.2) is 15.7 Å². The lowest BCUT2D eigenvalue weighted by Gasteiger charge is -2.14. The van der Waals surface area contributed by atoms with Crippen LogP contribution in [0.4, 0.5) is 0 Å². The van der Waals surface area contributed by atoms with Gasteiger partial charge in [-0.15, -0.1) is 10.2 Å². The van der Waals surface area contributed by atoms with Gasteiger partial charge in [-0.05, 0) is 45.1 Å². The van der Waals surface area contributed by atoms with Gasteiger partial charge in [-0.2, -0.15) is 0 Å². The number of hydrogen-bond donors (Lipinski definition) is 0. The van der Waals surface area contributed by atoms with Crippen molar-refractivity contribution in [2.75, 3.05) is 23.9 Å². The smallest absolute Gasteiger partial charge is 0.277 e. The summed E-state index contributed by atoms with van der Waals surface area (Å²) in [6.45, 7) is 5.58. The van der Waals surface area contributed by atoms with Gasteiger partial charge < -0.3 is 13.7 Å². The normalized spacial score (nSPS) is 23.3. The summed E-state index contributed by atoms with van der Waals surface area (Å²) in [7, 11) is -2.92. The minimum absolute atomic E-state index is 0.0216. The van der Waals surface area contributed by atoms with E-state index in [0.717, 1.165) is 37.4 Å². The summed E-state index contributed by atoms with van der Waals surface area (Å²) < 4.78 is 36.7. The largest absolute Gasteiger partial charge is 0.416 e. The Kier molecular flexibility index (Phi) is 6.36. The third-order valence-electron chi connectivity index (χ3n) is 5.85. The molecule has 2 aromatic rings. The van der Waals surface area contributed by atoms with Crippen molar-refractivity contribution in [1.82, 2.24) is 14.8 Å². The fourth-order valence-corrected chi connectivity index (χ4v) is 6.75. The summed E-state index contributed by atoms with van der Waals surface area (Å²) in [5.41, 5.74) is 2.74. The molecule has 0 radical (unpaired) electrons. The summed E-state index contributed by atoms with van der Waals surface area (Å²) in [6.07, 6.45) is 3.47. The molecule has 2 saturated heterocycles. The van der Waals surface area contributed by atoms with Crippen molar-refractivity contribution in [3.8, 4) is 0 Å². The number of ether oxygens (including phenoxy) is 1. The molecular formula is C20H27N3O5S2. The van der Waals surface area contributed by atoms with Gasteiger partial charge in [0.25, 0.3) is 5.22 Å². The van der Waals surface area contributed by atoms with Gasteiger partial charge in [0.2, 0.25) is 5.89 Å². The number of carbonyl (C=O) groups is 1. The van der Waals surface area contributed by atoms with Crippen molar-refractivity contribution in [2.45, 2.75) is 57.4 Å². The number of nitrogens with zero attached hydrogens (tertiary/aromatic N) is 3. The molecule has 4 rings (SSSR count). The Morgan fingerprint density at radius 1 is 1.30 bits per heavy atom. The van der Waals surface area contributed by atoms with Crippen molar-refractivity contribution in [3.05, 3.63) is 28.9 Å². The Morgan fingerprint density at radius 2 is 2.13 bits per heavy atom. The highest BCUT2D eigenvalue weighted by molar-refractivity contribution is 7.99. The van der Waals surface area contributed by atoms with Gasteiger partial charge in [-0.25, -0.2) is 8.42 Å². The van der Waals surface area contributed by atoms with E-state index in [4.69, 9.17) is 9.15 Å². The lowest BCUT2D eigenvalue weighted by molar-refractivity contribution is 0.0957. The Morgan fingerprint density at radius 3 is 2.83 bits per heavy atom. The average Bonchev–Trinajstić information content (AvgIpc) is 3.47. The minimum Gasteiger partial charge on any atom is -0.416 e.